The predicted molar refractivity (Wildman–Crippen MR) is 126 cm³/mol. The molecule has 5 rings (SSSR count). The highest BCUT2D eigenvalue weighted by Gasteiger charge is 2.60. The van der Waals surface area contributed by atoms with Gasteiger partial charge in [0.15, 0.2) is 29.4 Å². The molecule has 1 fully saturated rings. The van der Waals surface area contributed by atoms with Gasteiger partial charge in [0.2, 0.25) is 11.4 Å². The van der Waals surface area contributed by atoms with Gasteiger partial charge < -0.3 is 28.2 Å². The summed E-state index contributed by atoms with van der Waals surface area (Å²) in [6.07, 6.45) is 4.06. The molecule has 192 valence electrons. The number of benzene rings is 1. The normalized spacial score (nSPS) is 25.5. The topological polar surface area (TPSA) is 119 Å². The van der Waals surface area contributed by atoms with Crippen LogP contribution < -0.4 is 9.47 Å². The van der Waals surface area contributed by atoms with Gasteiger partial charge in [-0.3, -0.25) is 9.59 Å². The molecule has 3 atom stereocenters. The Kier molecular flexibility index (Phi) is 6.76. The van der Waals surface area contributed by atoms with Crippen LogP contribution in [-0.2, 0) is 19.0 Å². The Morgan fingerprint density at radius 1 is 1.25 bits per heavy atom. The van der Waals surface area contributed by atoms with E-state index >= 15 is 0 Å². The number of rotatable bonds is 7. The summed E-state index contributed by atoms with van der Waals surface area (Å²) >= 11 is 6.74. The summed E-state index contributed by atoms with van der Waals surface area (Å²) in [5, 5.41) is 3.96. The van der Waals surface area contributed by atoms with Crippen LogP contribution in [0.1, 0.15) is 48.8 Å². The van der Waals surface area contributed by atoms with E-state index in [-0.39, 0.29) is 65.4 Å². The molecule has 0 radical (unpaired) electrons. The molecule has 2 aliphatic heterocycles. The van der Waals surface area contributed by atoms with Crippen LogP contribution in [-0.4, -0.2) is 60.5 Å². The summed E-state index contributed by atoms with van der Waals surface area (Å²) in [5.41, 5.74) is -1.02. The third kappa shape index (κ3) is 4.16. The van der Waals surface area contributed by atoms with Crippen molar-refractivity contribution in [2.24, 2.45) is 5.92 Å². The van der Waals surface area contributed by atoms with Crippen LogP contribution in [0.3, 0.4) is 0 Å². The molecule has 1 aromatic carbocycles. The van der Waals surface area contributed by atoms with E-state index in [0.29, 0.717) is 18.0 Å². The lowest BCUT2D eigenvalue weighted by Crippen LogP contribution is -2.51. The van der Waals surface area contributed by atoms with Gasteiger partial charge in [-0.1, -0.05) is 23.7 Å². The van der Waals surface area contributed by atoms with Gasteiger partial charge in [-0.2, -0.15) is 4.98 Å². The van der Waals surface area contributed by atoms with Gasteiger partial charge in [0.05, 0.1) is 24.3 Å². The number of ether oxygens (including phenoxy) is 5. The summed E-state index contributed by atoms with van der Waals surface area (Å²) in [4.78, 5) is 30.4. The minimum Gasteiger partial charge on any atom is -0.496 e. The number of carbonyl (C=O) groups is 2. The molecular weight excluding hydrogens is 492 g/mol. The van der Waals surface area contributed by atoms with E-state index < -0.39 is 17.3 Å². The van der Waals surface area contributed by atoms with Crippen LogP contribution in [0.25, 0.3) is 11.5 Å². The maximum absolute atomic E-state index is 14.0. The lowest BCUT2D eigenvalue weighted by Gasteiger charge is -2.36. The predicted octanol–water partition coefficient (Wildman–Crippen LogP) is 4.07. The van der Waals surface area contributed by atoms with Crippen LogP contribution in [0.5, 0.6) is 11.5 Å². The highest BCUT2D eigenvalue weighted by atomic mass is 35.5. The van der Waals surface area contributed by atoms with Crippen molar-refractivity contribution in [1.82, 2.24) is 10.1 Å². The fraction of sp³-hybridized carbons (Fsp3) is 0.520. The number of methoxy groups -OCH3 is 1. The van der Waals surface area contributed by atoms with Crippen molar-refractivity contribution < 1.29 is 37.8 Å². The van der Waals surface area contributed by atoms with Crippen molar-refractivity contribution in [1.29, 1.82) is 0 Å². The number of halogens is 1. The van der Waals surface area contributed by atoms with Gasteiger partial charge in [-0.05, 0) is 32.3 Å². The van der Waals surface area contributed by atoms with Gasteiger partial charge >= 0.3 is 0 Å². The number of carbonyl (C=O) groups excluding carboxylic acids is 2. The molecular formula is C25H27ClN2O8. The summed E-state index contributed by atoms with van der Waals surface area (Å²) in [7, 11) is 1.40. The fourth-order valence-electron chi connectivity index (χ4n) is 4.86. The number of Topliss-reactive ketones (excluding diaryl/α,β-unsaturated/α-hetero) is 1. The number of allylic oxidation sites excluding steroid dienone is 1. The number of aromatic nitrogens is 2. The summed E-state index contributed by atoms with van der Waals surface area (Å²) in [6.45, 7) is 4.53. The van der Waals surface area contributed by atoms with Gasteiger partial charge in [-0.25, -0.2) is 0 Å². The third-order valence-electron chi connectivity index (χ3n) is 6.63. The highest BCUT2D eigenvalue weighted by molar-refractivity contribution is 6.36. The first-order valence-electron chi connectivity index (χ1n) is 11.9. The highest BCUT2D eigenvalue weighted by Crippen LogP contribution is 2.54. The van der Waals surface area contributed by atoms with E-state index in [4.69, 9.17) is 39.8 Å². The van der Waals surface area contributed by atoms with Crippen molar-refractivity contribution in [3.05, 3.63) is 34.3 Å². The quantitative estimate of drug-likeness (QED) is 0.496. The fourth-order valence-corrected chi connectivity index (χ4v) is 5.13. The summed E-state index contributed by atoms with van der Waals surface area (Å²) in [5.74, 6) is -0.000274. The largest absolute Gasteiger partial charge is 0.496 e. The molecule has 0 amide bonds. The lowest BCUT2D eigenvalue weighted by molar-refractivity contribution is -0.165. The number of ketones is 2. The number of nitrogens with zero attached hydrogens (tertiary/aromatic N) is 2. The molecule has 1 spiro atoms. The third-order valence-corrected chi connectivity index (χ3v) is 7.01. The molecule has 0 N–H and O–H groups in total. The van der Waals surface area contributed by atoms with Crippen molar-refractivity contribution in [2.45, 2.75) is 51.4 Å². The number of aryl methyl sites for hydroxylation is 1. The standard InChI is InChI=1S/C25H27ClN2O8/c1-13-10-15(29)11-18(31-3)25(13)23(30)20-17(32-8-9-34-19-6-4-5-7-33-19)12-16(21(26)22(20)35-25)24-27-14(2)28-36-24/h11-13,19H,4-10H2,1-3H3/t13-,19?,25+/m1/s1. The zero-order chi connectivity index (χ0) is 25.4. The minimum absolute atomic E-state index is 0.116. The Morgan fingerprint density at radius 3 is 2.78 bits per heavy atom. The van der Waals surface area contributed by atoms with Crippen molar-refractivity contribution in [2.75, 3.05) is 26.9 Å². The number of hydrogen-bond donors (Lipinski definition) is 0. The Morgan fingerprint density at radius 2 is 2.08 bits per heavy atom. The molecule has 1 aromatic heterocycles. The van der Waals surface area contributed by atoms with Crippen molar-refractivity contribution in [3.63, 3.8) is 0 Å². The molecule has 1 aliphatic carbocycles. The maximum Gasteiger partial charge on any atom is 0.259 e. The van der Waals surface area contributed by atoms with Gasteiger partial charge in [0.25, 0.3) is 5.89 Å². The zero-order valence-corrected chi connectivity index (χ0v) is 21.1. The molecule has 3 heterocycles. The summed E-state index contributed by atoms with van der Waals surface area (Å²) in [6, 6.07) is 1.58. The van der Waals surface area contributed by atoms with E-state index in [2.05, 4.69) is 10.1 Å². The first-order chi connectivity index (χ1) is 17.3. The van der Waals surface area contributed by atoms with E-state index in [1.54, 1.807) is 19.9 Å². The molecule has 11 heteroatoms. The van der Waals surface area contributed by atoms with Gasteiger partial charge in [0, 0.05) is 25.0 Å². The lowest BCUT2D eigenvalue weighted by atomic mass is 9.75. The smallest absolute Gasteiger partial charge is 0.259 e. The molecule has 0 bridgehead atoms. The second kappa shape index (κ2) is 9.84. The molecule has 3 aliphatic rings. The Labute approximate surface area is 212 Å². The zero-order valence-electron chi connectivity index (χ0n) is 20.3. The first kappa shape index (κ1) is 24.7. The second-order valence-electron chi connectivity index (χ2n) is 9.05. The van der Waals surface area contributed by atoms with Crippen LogP contribution >= 0.6 is 11.6 Å². The van der Waals surface area contributed by atoms with Crippen LogP contribution in [0.15, 0.2) is 22.4 Å². The molecule has 0 saturated carbocycles. The van der Waals surface area contributed by atoms with Crippen LogP contribution in [0.2, 0.25) is 5.02 Å². The van der Waals surface area contributed by atoms with E-state index in [1.807, 2.05) is 0 Å². The average Bonchev–Trinajstić information content (AvgIpc) is 3.43. The maximum atomic E-state index is 14.0. The number of hydrogen-bond acceptors (Lipinski definition) is 10. The average molecular weight is 519 g/mol. The van der Waals surface area contributed by atoms with Crippen LogP contribution in [0.4, 0.5) is 0 Å². The van der Waals surface area contributed by atoms with Crippen molar-refractivity contribution in [3.8, 4) is 23.0 Å². The molecule has 2 aromatic rings. The van der Waals surface area contributed by atoms with E-state index in [1.165, 1.54) is 13.2 Å². The molecule has 1 saturated heterocycles. The SMILES string of the molecule is COC1=CC(=O)C[C@@H](C)[C@]12Oc1c(Cl)c(-c3nc(C)no3)cc(OCCOC3CCCCO3)c1C2=O. The minimum atomic E-state index is -1.54. The Bertz CT molecular complexity index is 1220. The summed E-state index contributed by atoms with van der Waals surface area (Å²) < 4.78 is 34.5. The molecule has 1 unspecified atom stereocenters. The van der Waals surface area contributed by atoms with Gasteiger partial charge in [-0.15, -0.1) is 0 Å². The van der Waals surface area contributed by atoms with E-state index in [0.717, 1.165) is 19.3 Å². The number of fused-ring (bicyclic) bond motifs is 1. The van der Waals surface area contributed by atoms with Crippen LogP contribution in [0, 0.1) is 12.8 Å². The molecule has 36 heavy (non-hydrogen) atoms. The molecule has 10 nitrogen and oxygen atoms in total. The van der Waals surface area contributed by atoms with E-state index in [9.17, 15) is 9.59 Å². The monoisotopic (exact) mass is 518 g/mol. The Balaban J connectivity index is 1.51. The Hall–Kier alpha value is -2.95. The second-order valence-corrected chi connectivity index (χ2v) is 9.43. The van der Waals surface area contributed by atoms with Crippen molar-refractivity contribution >= 4 is 23.2 Å². The van der Waals surface area contributed by atoms with Gasteiger partial charge in [0.1, 0.15) is 17.9 Å². The first-order valence-corrected chi connectivity index (χ1v) is 12.3.